The van der Waals surface area contributed by atoms with Gasteiger partial charge in [-0.2, -0.15) is 0 Å². The van der Waals surface area contributed by atoms with Gasteiger partial charge in [-0.1, -0.05) is 17.4 Å². The first-order chi connectivity index (χ1) is 11.2. The number of fused-ring (bicyclic) bond motifs is 1. The predicted molar refractivity (Wildman–Crippen MR) is 88.7 cm³/mol. The van der Waals surface area contributed by atoms with Crippen molar-refractivity contribution in [2.75, 3.05) is 7.11 Å². The fraction of sp³-hybridized carbons (Fsp3) is 0.0588. The summed E-state index contributed by atoms with van der Waals surface area (Å²) in [4.78, 5) is 8.62. The van der Waals surface area contributed by atoms with E-state index in [0.29, 0.717) is 5.75 Å². The van der Waals surface area contributed by atoms with Crippen molar-refractivity contribution >= 4 is 21.6 Å². The Bertz CT molecular complexity index is 979. The molecule has 6 heteroatoms. The molecule has 4 rings (SSSR count). The van der Waals surface area contributed by atoms with Crippen molar-refractivity contribution in [3.63, 3.8) is 0 Å². The van der Waals surface area contributed by atoms with Gasteiger partial charge in [0, 0.05) is 18.0 Å². The Morgan fingerprint density at radius 3 is 2.87 bits per heavy atom. The maximum Gasteiger partial charge on any atom is 0.195 e. The van der Waals surface area contributed by atoms with E-state index >= 15 is 0 Å². The SMILES string of the molecule is COc1ccc(F)cc1-c1ccc2nc(-n3ccnc3)sc2c1. The summed E-state index contributed by atoms with van der Waals surface area (Å²) in [6.07, 6.45) is 5.29. The molecular weight excluding hydrogens is 313 g/mol. The highest BCUT2D eigenvalue weighted by Crippen LogP contribution is 2.34. The topological polar surface area (TPSA) is 39.9 Å². The summed E-state index contributed by atoms with van der Waals surface area (Å²) in [6, 6.07) is 10.4. The molecule has 2 aromatic carbocycles. The number of rotatable bonds is 3. The third-order valence-electron chi connectivity index (χ3n) is 3.57. The zero-order valence-corrected chi connectivity index (χ0v) is 13.0. The molecule has 0 fully saturated rings. The van der Waals surface area contributed by atoms with E-state index < -0.39 is 0 Å². The molecule has 0 atom stereocenters. The molecule has 0 aliphatic carbocycles. The van der Waals surface area contributed by atoms with Crippen molar-refractivity contribution in [1.29, 1.82) is 0 Å². The number of hydrogen-bond donors (Lipinski definition) is 0. The summed E-state index contributed by atoms with van der Waals surface area (Å²) < 4.78 is 21.8. The van der Waals surface area contributed by atoms with Crippen LogP contribution in [0.3, 0.4) is 0 Å². The van der Waals surface area contributed by atoms with Crippen LogP contribution in [0.15, 0.2) is 55.1 Å². The second-order valence-corrected chi connectivity index (χ2v) is 6.00. The Morgan fingerprint density at radius 1 is 1.17 bits per heavy atom. The Labute approximate surface area is 135 Å². The second-order valence-electron chi connectivity index (χ2n) is 4.99. The van der Waals surface area contributed by atoms with Crippen molar-refractivity contribution in [1.82, 2.24) is 14.5 Å². The summed E-state index contributed by atoms with van der Waals surface area (Å²) in [6.45, 7) is 0. The minimum absolute atomic E-state index is 0.288. The predicted octanol–water partition coefficient (Wildman–Crippen LogP) is 4.30. The first-order valence-corrected chi connectivity index (χ1v) is 7.79. The zero-order chi connectivity index (χ0) is 15.8. The summed E-state index contributed by atoms with van der Waals surface area (Å²) in [7, 11) is 1.58. The van der Waals surface area contributed by atoms with E-state index in [4.69, 9.17) is 4.74 Å². The van der Waals surface area contributed by atoms with Gasteiger partial charge in [-0.25, -0.2) is 14.4 Å². The van der Waals surface area contributed by atoms with Crippen LogP contribution in [0.1, 0.15) is 0 Å². The van der Waals surface area contributed by atoms with E-state index in [2.05, 4.69) is 9.97 Å². The molecule has 114 valence electrons. The quantitative estimate of drug-likeness (QED) is 0.564. The molecule has 0 aliphatic rings. The molecule has 4 aromatic rings. The number of imidazole rings is 1. The normalized spacial score (nSPS) is 11.0. The fourth-order valence-corrected chi connectivity index (χ4v) is 3.43. The molecule has 4 nitrogen and oxygen atoms in total. The van der Waals surface area contributed by atoms with Gasteiger partial charge in [0.05, 0.1) is 17.3 Å². The molecule has 0 spiro atoms. The largest absolute Gasteiger partial charge is 0.496 e. The van der Waals surface area contributed by atoms with Crippen LogP contribution in [0, 0.1) is 5.82 Å². The van der Waals surface area contributed by atoms with Gasteiger partial charge in [0.15, 0.2) is 5.13 Å². The average Bonchev–Trinajstić information content (AvgIpc) is 3.23. The molecule has 23 heavy (non-hydrogen) atoms. The number of hydrogen-bond acceptors (Lipinski definition) is 4. The fourth-order valence-electron chi connectivity index (χ4n) is 2.47. The molecule has 2 aromatic heterocycles. The van der Waals surface area contributed by atoms with Crippen LogP contribution in [0.5, 0.6) is 5.75 Å². The lowest BCUT2D eigenvalue weighted by atomic mass is 10.0. The summed E-state index contributed by atoms with van der Waals surface area (Å²) >= 11 is 1.56. The van der Waals surface area contributed by atoms with Gasteiger partial charge in [0.2, 0.25) is 0 Å². The van der Waals surface area contributed by atoms with E-state index in [1.165, 1.54) is 12.1 Å². The van der Waals surface area contributed by atoms with Crippen LogP contribution in [-0.4, -0.2) is 21.6 Å². The summed E-state index contributed by atoms with van der Waals surface area (Å²) in [5.41, 5.74) is 2.53. The minimum Gasteiger partial charge on any atom is -0.496 e. The molecule has 0 saturated heterocycles. The number of methoxy groups -OCH3 is 1. The van der Waals surface area contributed by atoms with Crippen LogP contribution < -0.4 is 4.74 Å². The van der Waals surface area contributed by atoms with Crippen molar-refractivity contribution in [3.05, 3.63) is 60.9 Å². The van der Waals surface area contributed by atoms with E-state index in [1.807, 2.05) is 29.0 Å². The van der Waals surface area contributed by atoms with Crippen LogP contribution >= 0.6 is 11.3 Å². The number of aromatic nitrogens is 3. The van der Waals surface area contributed by atoms with E-state index in [-0.39, 0.29) is 5.82 Å². The van der Waals surface area contributed by atoms with Crippen LogP contribution in [0.2, 0.25) is 0 Å². The van der Waals surface area contributed by atoms with Crippen LogP contribution in [0.25, 0.3) is 26.5 Å². The molecule has 2 heterocycles. The van der Waals surface area contributed by atoms with Crippen molar-refractivity contribution < 1.29 is 9.13 Å². The minimum atomic E-state index is -0.288. The lowest BCUT2D eigenvalue weighted by Gasteiger charge is -2.08. The van der Waals surface area contributed by atoms with Gasteiger partial charge < -0.3 is 4.74 Å². The highest BCUT2D eigenvalue weighted by Gasteiger charge is 2.11. The Kier molecular flexibility index (Phi) is 3.31. The van der Waals surface area contributed by atoms with Gasteiger partial charge in [-0.15, -0.1) is 0 Å². The Balaban J connectivity index is 1.85. The highest BCUT2D eigenvalue weighted by atomic mass is 32.1. The van der Waals surface area contributed by atoms with E-state index in [1.54, 1.807) is 37.0 Å². The lowest BCUT2D eigenvalue weighted by Crippen LogP contribution is -1.89. The first-order valence-electron chi connectivity index (χ1n) is 6.97. The standard InChI is InChI=1S/C17H12FN3OS/c1-22-15-5-3-12(18)9-13(15)11-2-4-14-16(8-11)23-17(20-14)21-7-6-19-10-21/h2-10H,1H3. The van der Waals surface area contributed by atoms with Crippen LogP contribution in [0.4, 0.5) is 4.39 Å². The van der Waals surface area contributed by atoms with Crippen molar-refractivity contribution in [2.45, 2.75) is 0 Å². The molecule has 0 N–H and O–H groups in total. The van der Waals surface area contributed by atoms with Gasteiger partial charge in [0.1, 0.15) is 17.9 Å². The lowest BCUT2D eigenvalue weighted by molar-refractivity contribution is 0.415. The van der Waals surface area contributed by atoms with Crippen molar-refractivity contribution in [3.8, 4) is 22.0 Å². The number of thiazole rings is 1. The molecule has 0 amide bonds. The Hall–Kier alpha value is -2.73. The highest BCUT2D eigenvalue weighted by molar-refractivity contribution is 7.20. The van der Waals surface area contributed by atoms with E-state index in [9.17, 15) is 4.39 Å². The summed E-state index contributed by atoms with van der Waals surface area (Å²) in [5.74, 6) is 0.356. The van der Waals surface area contributed by atoms with Crippen LogP contribution in [-0.2, 0) is 0 Å². The van der Waals surface area contributed by atoms with Crippen molar-refractivity contribution in [2.24, 2.45) is 0 Å². The third kappa shape index (κ3) is 2.47. The third-order valence-corrected chi connectivity index (χ3v) is 4.61. The summed E-state index contributed by atoms with van der Waals surface area (Å²) in [5, 5.41) is 0.848. The Morgan fingerprint density at radius 2 is 2.09 bits per heavy atom. The van der Waals surface area contributed by atoms with E-state index in [0.717, 1.165) is 26.5 Å². The van der Waals surface area contributed by atoms with Gasteiger partial charge in [0.25, 0.3) is 0 Å². The molecular formula is C17H12FN3OS. The number of nitrogens with zero attached hydrogens (tertiary/aromatic N) is 3. The molecule has 0 bridgehead atoms. The van der Waals surface area contributed by atoms with Gasteiger partial charge >= 0.3 is 0 Å². The number of benzene rings is 2. The zero-order valence-electron chi connectivity index (χ0n) is 12.2. The maximum atomic E-state index is 13.6. The molecule has 0 unspecified atom stereocenters. The van der Waals surface area contributed by atoms with Gasteiger partial charge in [-0.05, 0) is 35.9 Å². The molecule has 0 aliphatic heterocycles. The first kappa shape index (κ1) is 13.9. The average molecular weight is 325 g/mol. The molecule has 0 radical (unpaired) electrons. The molecule has 0 saturated carbocycles. The number of halogens is 1. The monoisotopic (exact) mass is 325 g/mol. The second kappa shape index (κ2) is 5.48. The number of ether oxygens (including phenoxy) is 1. The maximum absolute atomic E-state index is 13.6. The smallest absolute Gasteiger partial charge is 0.195 e. The van der Waals surface area contributed by atoms with Gasteiger partial charge in [-0.3, -0.25) is 4.57 Å².